The van der Waals surface area contributed by atoms with Gasteiger partial charge < -0.3 is 0 Å². The maximum atomic E-state index is 5.27. The number of fused-ring (bicyclic) bond motifs is 14. The van der Waals surface area contributed by atoms with Crippen LogP contribution in [0, 0.1) is 0 Å². The summed E-state index contributed by atoms with van der Waals surface area (Å²) in [6.45, 7) is 2.17. The lowest BCUT2D eigenvalue weighted by Crippen LogP contribution is -2.35. The first kappa shape index (κ1) is 22.0. The molecule has 4 aliphatic heterocycles. The Kier molecular flexibility index (Phi) is 4.03. The van der Waals surface area contributed by atoms with Gasteiger partial charge >= 0.3 is 0 Å². The summed E-state index contributed by atoms with van der Waals surface area (Å²) in [6, 6.07) is 33.0. The number of rotatable bonds is 0. The zero-order valence-electron chi connectivity index (χ0n) is 22.4. The zero-order valence-corrected chi connectivity index (χ0v) is 22.4. The van der Waals surface area contributed by atoms with Gasteiger partial charge in [-0.1, -0.05) is 97.1 Å². The van der Waals surface area contributed by atoms with Crippen LogP contribution >= 0.6 is 0 Å². The van der Waals surface area contributed by atoms with Gasteiger partial charge in [-0.15, -0.1) is 0 Å². The lowest BCUT2D eigenvalue weighted by atomic mass is 10.1. The molecule has 10 rings (SSSR count). The minimum Gasteiger partial charge on any atom is -0.288 e. The molecule has 0 N–H and O–H groups in total. The summed E-state index contributed by atoms with van der Waals surface area (Å²) >= 11 is 0. The Balaban J connectivity index is 1.50. The second kappa shape index (κ2) is 7.70. The van der Waals surface area contributed by atoms with Crippen molar-refractivity contribution in [1.29, 1.82) is 0 Å². The van der Waals surface area contributed by atoms with E-state index in [0.29, 0.717) is 23.3 Å². The van der Waals surface area contributed by atoms with E-state index in [1.165, 1.54) is 0 Å². The first-order valence-electron chi connectivity index (χ1n) is 14.0. The van der Waals surface area contributed by atoms with E-state index in [1.807, 2.05) is 48.5 Å². The van der Waals surface area contributed by atoms with Gasteiger partial charge in [0.2, 0.25) is 0 Å². The summed E-state index contributed by atoms with van der Waals surface area (Å²) < 4.78 is 4.40. The summed E-state index contributed by atoms with van der Waals surface area (Å²) in [5, 5.41) is 4.00. The van der Waals surface area contributed by atoms with Crippen LogP contribution in [-0.2, 0) is 0 Å². The van der Waals surface area contributed by atoms with Crippen molar-refractivity contribution < 1.29 is 0 Å². The van der Waals surface area contributed by atoms with Crippen LogP contribution in [0.15, 0.2) is 127 Å². The molecule has 1 atom stereocenters. The first-order valence-corrected chi connectivity index (χ1v) is 14.0. The molecule has 42 heavy (non-hydrogen) atoms. The standard InChI is InChI=1S/C34H20N8/c1-18-41-31-23-14-6-7-15-24(23)33(41)39-29-21-12-4-5-13-22(21)30(36-29)40-34-26-17-9-8-16-25(26)32(42(18)34)38-28-20-11-3-2-10-19(20)27(35-28)37-31/h2-18H,1H3/b37-27-,37-31?,38-28?,38-32-,39-29-,39-33?,40-30?,40-34-. The quantitative estimate of drug-likeness (QED) is 0.240. The molecule has 8 nitrogen and oxygen atoms in total. The molecule has 0 amide bonds. The number of aromatic nitrogens is 2. The Labute approximate surface area is 238 Å². The van der Waals surface area contributed by atoms with Gasteiger partial charge in [0.05, 0.1) is 0 Å². The molecule has 6 bridgehead atoms. The summed E-state index contributed by atoms with van der Waals surface area (Å²) in [4.78, 5) is 31.1. The third-order valence-electron chi connectivity index (χ3n) is 8.57. The van der Waals surface area contributed by atoms with Gasteiger partial charge in [0.1, 0.15) is 28.8 Å². The van der Waals surface area contributed by atoms with Crippen LogP contribution in [0.3, 0.4) is 0 Å². The molecular formula is C34H20N8. The van der Waals surface area contributed by atoms with Crippen molar-refractivity contribution in [3.63, 3.8) is 0 Å². The fourth-order valence-corrected chi connectivity index (χ4v) is 6.68. The Bertz CT molecular complexity index is 2320. The highest BCUT2D eigenvalue weighted by atomic mass is 15.3. The lowest BCUT2D eigenvalue weighted by Gasteiger charge is -2.21. The minimum atomic E-state index is -0.275. The summed E-state index contributed by atoms with van der Waals surface area (Å²) in [5.41, 5.74) is 5.44. The molecule has 0 fully saturated rings. The predicted octanol–water partition coefficient (Wildman–Crippen LogP) is 5.61. The number of hydrogen-bond acceptors (Lipinski definition) is 6. The number of amidine groups is 4. The average Bonchev–Trinajstić information content (AvgIpc) is 3.74. The molecule has 0 radical (unpaired) electrons. The van der Waals surface area contributed by atoms with E-state index in [9.17, 15) is 0 Å². The maximum Gasteiger partial charge on any atom is 0.164 e. The van der Waals surface area contributed by atoms with E-state index in [4.69, 9.17) is 30.0 Å². The van der Waals surface area contributed by atoms with Crippen LogP contribution in [0.5, 0.6) is 0 Å². The number of hydrogen-bond donors (Lipinski definition) is 0. The summed E-state index contributed by atoms with van der Waals surface area (Å²) in [5.74, 6) is 4.17. The van der Waals surface area contributed by atoms with Gasteiger partial charge in [0, 0.05) is 43.8 Å². The minimum absolute atomic E-state index is 0.275. The molecule has 0 saturated heterocycles. The predicted molar refractivity (Wildman–Crippen MR) is 165 cm³/mol. The summed E-state index contributed by atoms with van der Waals surface area (Å²) in [7, 11) is 0. The highest BCUT2D eigenvalue weighted by Gasteiger charge is 2.31. The molecule has 0 spiro atoms. The topological polar surface area (TPSA) is 84.0 Å². The molecule has 4 aromatic carbocycles. The zero-order chi connectivity index (χ0) is 27.5. The molecule has 2 aromatic heterocycles. The van der Waals surface area contributed by atoms with E-state index in [-0.39, 0.29) is 6.17 Å². The molecular weight excluding hydrogens is 520 g/mol. The highest BCUT2D eigenvalue weighted by Crippen LogP contribution is 2.42. The van der Waals surface area contributed by atoms with Crippen LogP contribution in [0.2, 0.25) is 0 Å². The van der Waals surface area contributed by atoms with Crippen molar-refractivity contribution in [1.82, 2.24) is 9.13 Å². The normalized spacial score (nSPS) is 21.5. The molecule has 4 aliphatic rings. The van der Waals surface area contributed by atoms with E-state index in [2.05, 4.69) is 64.6 Å². The van der Waals surface area contributed by atoms with Crippen LogP contribution < -0.4 is 11.0 Å². The summed E-state index contributed by atoms with van der Waals surface area (Å²) in [6.07, 6.45) is -0.275. The third-order valence-corrected chi connectivity index (χ3v) is 8.57. The fourth-order valence-electron chi connectivity index (χ4n) is 6.68. The van der Waals surface area contributed by atoms with Crippen molar-refractivity contribution in [3.8, 4) is 0 Å². The van der Waals surface area contributed by atoms with Crippen molar-refractivity contribution in [2.45, 2.75) is 13.1 Å². The Morgan fingerprint density at radius 1 is 0.405 bits per heavy atom. The van der Waals surface area contributed by atoms with Crippen molar-refractivity contribution in [2.24, 2.45) is 30.0 Å². The van der Waals surface area contributed by atoms with Crippen molar-refractivity contribution >= 4 is 56.5 Å². The van der Waals surface area contributed by atoms with Crippen molar-refractivity contribution in [2.75, 3.05) is 0 Å². The van der Waals surface area contributed by atoms with Gasteiger partial charge in [0.15, 0.2) is 23.3 Å². The number of nitrogens with zero attached hydrogens (tertiary/aromatic N) is 8. The smallest absolute Gasteiger partial charge is 0.164 e. The Morgan fingerprint density at radius 3 is 1.19 bits per heavy atom. The Hall–Kier alpha value is -5.76. The maximum absolute atomic E-state index is 5.27. The molecule has 0 saturated carbocycles. The van der Waals surface area contributed by atoms with Crippen LogP contribution in [0.25, 0.3) is 21.5 Å². The van der Waals surface area contributed by atoms with Gasteiger partial charge in [-0.3, -0.25) is 9.13 Å². The third kappa shape index (κ3) is 2.71. The van der Waals surface area contributed by atoms with Gasteiger partial charge in [-0.2, -0.15) is 0 Å². The first-order chi connectivity index (χ1) is 20.7. The van der Waals surface area contributed by atoms with E-state index in [1.54, 1.807) is 0 Å². The monoisotopic (exact) mass is 540 g/mol. The molecule has 6 aromatic rings. The number of aliphatic imine (C=N–C) groups is 4. The van der Waals surface area contributed by atoms with E-state index in [0.717, 1.165) is 66.4 Å². The van der Waals surface area contributed by atoms with Crippen LogP contribution in [0.1, 0.15) is 35.3 Å². The molecule has 0 aliphatic carbocycles. The van der Waals surface area contributed by atoms with Crippen LogP contribution in [0.4, 0.5) is 11.6 Å². The second-order valence-corrected chi connectivity index (χ2v) is 10.8. The van der Waals surface area contributed by atoms with Crippen LogP contribution in [-0.4, -0.2) is 32.5 Å². The Morgan fingerprint density at radius 2 is 0.762 bits per heavy atom. The molecule has 1 unspecified atom stereocenters. The largest absolute Gasteiger partial charge is 0.288 e. The highest BCUT2D eigenvalue weighted by molar-refractivity contribution is 6.25. The van der Waals surface area contributed by atoms with E-state index < -0.39 is 0 Å². The van der Waals surface area contributed by atoms with Gasteiger partial charge in [0.25, 0.3) is 0 Å². The van der Waals surface area contributed by atoms with Crippen molar-refractivity contribution in [3.05, 3.63) is 130 Å². The second-order valence-electron chi connectivity index (χ2n) is 10.8. The number of benzene rings is 4. The van der Waals surface area contributed by atoms with E-state index >= 15 is 0 Å². The lowest BCUT2D eigenvalue weighted by molar-refractivity contribution is 0.454. The van der Waals surface area contributed by atoms with Gasteiger partial charge in [-0.05, 0) is 6.92 Å². The molecule has 6 heterocycles. The average molecular weight is 541 g/mol. The molecule has 8 heteroatoms. The fraction of sp³-hybridized carbons (Fsp3) is 0.0588. The SMILES string of the molecule is CC1n2c3c4ccccc4c2/N=C2N=C(/N=c4/c5ccccc5/c(n41)=N/C1=NC(=N\3)/c3ccccc31)c1ccccc1\2. The van der Waals surface area contributed by atoms with Gasteiger partial charge in [-0.25, -0.2) is 30.0 Å². The molecule has 196 valence electrons.